The van der Waals surface area contributed by atoms with Crippen LogP contribution in [0.4, 0.5) is 0 Å². The zero-order chi connectivity index (χ0) is 14.2. The Morgan fingerprint density at radius 1 is 1.10 bits per heavy atom. The van der Waals surface area contributed by atoms with Crippen molar-refractivity contribution in [2.24, 2.45) is 0 Å². The van der Waals surface area contributed by atoms with Crippen LogP contribution in [0.1, 0.15) is 30.4 Å². The van der Waals surface area contributed by atoms with Gasteiger partial charge in [0.05, 0.1) is 13.1 Å². The highest BCUT2D eigenvalue weighted by molar-refractivity contribution is 5.10. The molecule has 2 aromatic heterocycles. The summed E-state index contributed by atoms with van der Waals surface area (Å²) in [6.07, 6.45) is 4.80. The van der Waals surface area contributed by atoms with Crippen LogP contribution in [0.15, 0.2) is 41.1 Å². The Morgan fingerprint density at radius 3 is 2.60 bits per heavy atom. The van der Waals surface area contributed by atoms with E-state index in [1.54, 1.807) is 0 Å². The fourth-order valence-electron chi connectivity index (χ4n) is 2.11. The van der Waals surface area contributed by atoms with Crippen molar-refractivity contribution in [1.82, 2.24) is 15.2 Å². The fraction of sp³-hybridized carbons (Fsp3) is 0.438. The Labute approximate surface area is 120 Å². The maximum absolute atomic E-state index is 5.82. The van der Waals surface area contributed by atoms with Gasteiger partial charge in [0.25, 0.3) is 0 Å². The largest absolute Gasteiger partial charge is 0.463 e. The molecule has 4 nitrogen and oxygen atoms in total. The van der Waals surface area contributed by atoms with Gasteiger partial charge in [-0.05, 0) is 49.8 Å². The molecule has 2 aromatic rings. The lowest BCUT2D eigenvalue weighted by atomic mass is 10.2. The Morgan fingerprint density at radius 2 is 1.85 bits per heavy atom. The van der Waals surface area contributed by atoms with Crippen molar-refractivity contribution in [1.29, 1.82) is 0 Å². The van der Waals surface area contributed by atoms with Gasteiger partial charge in [0, 0.05) is 18.9 Å². The predicted octanol–water partition coefficient (Wildman–Crippen LogP) is 2.81. The fourth-order valence-corrected chi connectivity index (χ4v) is 2.11. The number of nitrogens with one attached hydrogen (secondary N) is 1. The molecule has 108 valence electrons. The van der Waals surface area contributed by atoms with E-state index in [0.29, 0.717) is 0 Å². The number of pyridine rings is 1. The first-order valence-corrected chi connectivity index (χ1v) is 7.13. The van der Waals surface area contributed by atoms with E-state index in [4.69, 9.17) is 4.42 Å². The molecule has 0 bridgehead atoms. The van der Waals surface area contributed by atoms with E-state index in [2.05, 4.69) is 41.3 Å². The summed E-state index contributed by atoms with van der Waals surface area (Å²) in [4.78, 5) is 6.27. The van der Waals surface area contributed by atoms with E-state index in [9.17, 15) is 0 Å². The summed E-state index contributed by atoms with van der Waals surface area (Å²) < 4.78 is 5.82. The molecule has 0 aliphatic carbocycles. The van der Waals surface area contributed by atoms with Crippen LogP contribution in [0.25, 0.3) is 0 Å². The molecule has 2 heterocycles. The van der Waals surface area contributed by atoms with Crippen molar-refractivity contribution in [3.63, 3.8) is 0 Å². The van der Waals surface area contributed by atoms with Crippen molar-refractivity contribution in [3.8, 4) is 0 Å². The zero-order valence-corrected chi connectivity index (χ0v) is 12.3. The molecule has 0 saturated carbocycles. The predicted molar refractivity (Wildman–Crippen MR) is 80.1 cm³/mol. The summed E-state index contributed by atoms with van der Waals surface area (Å²) in [5.74, 6) is 2.01. The number of furan rings is 1. The van der Waals surface area contributed by atoms with Crippen molar-refractivity contribution in [2.75, 3.05) is 13.6 Å². The molecule has 0 spiro atoms. The summed E-state index contributed by atoms with van der Waals surface area (Å²) in [5, 5.41) is 3.34. The monoisotopic (exact) mass is 273 g/mol. The quantitative estimate of drug-likeness (QED) is 0.751. The Kier molecular flexibility index (Phi) is 5.77. The summed E-state index contributed by atoms with van der Waals surface area (Å²) in [6.45, 7) is 5.71. The lowest BCUT2D eigenvalue weighted by Crippen LogP contribution is -2.17. The van der Waals surface area contributed by atoms with E-state index >= 15 is 0 Å². The highest BCUT2D eigenvalue weighted by Gasteiger charge is 2.06. The summed E-state index contributed by atoms with van der Waals surface area (Å²) in [7, 11) is 2.10. The molecule has 0 aromatic carbocycles. The molecule has 0 unspecified atom stereocenters. The van der Waals surface area contributed by atoms with Gasteiger partial charge in [-0.15, -0.1) is 0 Å². The first-order chi connectivity index (χ1) is 9.78. The van der Waals surface area contributed by atoms with E-state index < -0.39 is 0 Å². The summed E-state index contributed by atoms with van der Waals surface area (Å²) in [5.41, 5.74) is 1.26. The molecular weight excluding hydrogens is 250 g/mol. The highest BCUT2D eigenvalue weighted by atomic mass is 16.3. The van der Waals surface area contributed by atoms with Gasteiger partial charge >= 0.3 is 0 Å². The highest BCUT2D eigenvalue weighted by Crippen LogP contribution is 2.11. The lowest BCUT2D eigenvalue weighted by molar-refractivity contribution is 0.282. The van der Waals surface area contributed by atoms with Crippen molar-refractivity contribution < 1.29 is 4.42 Å². The van der Waals surface area contributed by atoms with E-state index in [0.717, 1.165) is 44.1 Å². The van der Waals surface area contributed by atoms with Gasteiger partial charge in [-0.2, -0.15) is 0 Å². The van der Waals surface area contributed by atoms with Crippen molar-refractivity contribution in [2.45, 2.75) is 33.0 Å². The van der Waals surface area contributed by atoms with Gasteiger partial charge in [0.1, 0.15) is 11.5 Å². The van der Waals surface area contributed by atoms with Crippen LogP contribution in [0, 0.1) is 0 Å². The SMILES string of the molecule is CCCNCc1ccc(CN(C)Cc2ccncc2)o1. The second-order valence-electron chi connectivity index (χ2n) is 5.07. The van der Waals surface area contributed by atoms with Gasteiger partial charge < -0.3 is 9.73 Å². The molecule has 0 saturated heterocycles. The zero-order valence-electron chi connectivity index (χ0n) is 12.3. The van der Waals surface area contributed by atoms with E-state index in [-0.39, 0.29) is 0 Å². The first-order valence-electron chi connectivity index (χ1n) is 7.13. The minimum absolute atomic E-state index is 0.807. The molecule has 20 heavy (non-hydrogen) atoms. The molecule has 4 heteroatoms. The second-order valence-corrected chi connectivity index (χ2v) is 5.07. The average molecular weight is 273 g/mol. The average Bonchev–Trinajstić information content (AvgIpc) is 2.87. The van der Waals surface area contributed by atoms with Crippen LogP contribution in [-0.2, 0) is 19.6 Å². The number of hydrogen-bond donors (Lipinski definition) is 1. The third kappa shape index (κ3) is 4.79. The van der Waals surface area contributed by atoms with Crippen molar-refractivity contribution >= 4 is 0 Å². The van der Waals surface area contributed by atoms with Crippen LogP contribution in [0.2, 0.25) is 0 Å². The number of aromatic nitrogens is 1. The molecule has 1 N–H and O–H groups in total. The van der Waals surface area contributed by atoms with Crippen LogP contribution in [0.5, 0.6) is 0 Å². The van der Waals surface area contributed by atoms with Gasteiger partial charge in [-0.3, -0.25) is 9.88 Å². The number of hydrogen-bond acceptors (Lipinski definition) is 4. The van der Waals surface area contributed by atoms with Crippen LogP contribution < -0.4 is 5.32 Å². The maximum Gasteiger partial charge on any atom is 0.118 e. The molecule has 0 atom stereocenters. The second kappa shape index (κ2) is 7.82. The minimum atomic E-state index is 0.807. The molecular formula is C16H23N3O. The Bertz CT molecular complexity index is 495. The molecule has 2 rings (SSSR count). The number of rotatable bonds is 8. The minimum Gasteiger partial charge on any atom is -0.463 e. The van der Waals surface area contributed by atoms with E-state index in [1.165, 1.54) is 5.56 Å². The van der Waals surface area contributed by atoms with E-state index in [1.807, 2.05) is 24.5 Å². The van der Waals surface area contributed by atoms with Gasteiger partial charge in [-0.1, -0.05) is 6.92 Å². The van der Waals surface area contributed by atoms with Gasteiger partial charge in [0.2, 0.25) is 0 Å². The van der Waals surface area contributed by atoms with Gasteiger partial charge in [-0.25, -0.2) is 0 Å². The first kappa shape index (κ1) is 14.8. The Hall–Kier alpha value is -1.65. The summed E-state index contributed by atoms with van der Waals surface area (Å²) in [6, 6.07) is 8.20. The molecule has 0 aliphatic heterocycles. The Balaban J connectivity index is 1.80. The van der Waals surface area contributed by atoms with Gasteiger partial charge in [0.15, 0.2) is 0 Å². The smallest absolute Gasteiger partial charge is 0.118 e. The molecule has 0 aliphatic rings. The summed E-state index contributed by atoms with van der Waals surface area (Å²) >= 11 is 0. The normalized spacial score (nSPS) is 11.2. The van der Waals surface area contributed by atoms with Crippen LogP contribution in [-0.4, -0.2) is 23.5 Å². The topological polar surface area (TPSA) is 41.3 Å². The van der Waals surface area contributed by atoms with Crippen LogP contribution in [0.3, 0.4) is 0 Å². The maximum atomic E-state index is 5.82. The number of nitrogens with zero attached hydrogens (tertiary/aromatic N) is 2. The van der Waals surface area contributed by atoms with Crippen LogP contribution >= 0.6 is 0 Å². The molecule has 0 fully saturated rings. The molecule has 0 amide bonds. The lowest BCUT2D eigenvalue weighted by Gasteiger charge is -2.14. The third-order valence-electron chi connectivity index (χ3n) is 3.07. The standard InChI is InChI=1S/C16H23N3O/c1-3-8-18-11-15-4-5-16(20-15)13-19(2)12-14-6-9-17-10-7-14/h4-7,9-10,18H,3,8,11-13H2,1-2H3. The van der Waals surface area contributed by atoms with Crippen molar-refractivity contribution in [3.05, 3.63) is 53.7 Å². The third-order valence-corrected chi connectivity index (χ3v) is 3.07. The molecule has 0 radical (unpaired) electrons.